The van der Waals surface area contributed by atoms with E-state index in [9.17, 15) is 5.11 Å². The van der Waals surface area contributed by atoms with Gasteiger partial charge >= 0.3 is 0 Å². The summed E-state index contributed by atoms with van der Waals surface area (Å²) < 4.78 is 1.81. The van der Waals surface area contributed by atoms with Crippen molar-refractivity contribution in [3.05, 3.63) is 30.6 Å². The summed E-state index contributed by atoms with van der Waals surface area (Å²) in [6, 6.07) is 0.329. The van der Waals surface area contributed by atoms with Crippen LogP contribution in [0.25, 0.3) is 0 Å². The summed E-state index contributed by atoms with van der Waals surface area (Å²) in [7, 11) is 0. The summed E-state index contributed by atoms with van der Waals surface area (Å²) in [4.78, 5) is 0. The van der Waals surface area contributed by atoms with E-state index in [1.807, 2.05) is 24.7 Å². The highest BCUT2D eigenvalue weighted by Gasteiger charge is 2.06. The Hall–Kier alpha value is -1.09. The van der Waals surface area contributed by atoms with Crippen LogP contribution >= 0.6 is 0 Å². The molecule has 0 aliphatic rings. The first kappa shape index (κ1) is 9.00. The summed E-state index contributed by atoms with van der Waals surface area (Å²) in [6.45, 7) is 7.58. The molecule has 1 N–H and O–H groups in total. The summed E-state index contributed by atoms with van der Waals surface area (Å²) in [6.07, 6.45) is 4.38. The zero-order valence-electron chi connectivity index (χ0n) is 7.44. The van der Waals surface area contributed by atoms with Crippen molar-refractivity contribution in [2.75, 3.05) is 0 Å². The molecule has 0 amide bonds. The molecule has 0 aliphatic heterocycles. The molecule has 12 heavy (non-hydrogen) atoms. The molecule has 1 aromatic rings. The lowest BCUT2D eigenvalue weighted by Gasteiger charge is -2.03. The van der Waals surface area contributed by atoms with Gasteiger partial charge in [0, 0.05) is 17.8 Å². The normalized spacial score (nSPS) is 13.3. The third-order valence-corrected chi connectivity index (χ3v) is 1.72. The number of rotatable bonds is 3. The number of hydrogen-bond acceptors (Lipinski definition) is 2. The van der Waals surface area contributed by atoms with E-state index >= 15 is 0 Å². The average molecular weight is 166 g/mol. The summed E-state index contributed by atoms with van der Waals surface area (Å²) in [5.74, 6) is 0. The number of hydrogen-bond donors (Lipinski definition) is 1. The van der Waals surface area contributed by atoms with E-state index in [0.29, 0.717) is 6.04 Å². The number of nitrogens with zero attached hydrogens (tertiary/aromatic N) is 2. The monoisotopic (exact) mass is 166 g/mol. The first-order valence-electron chi connectivity index (χ1n) is 4.00. The predicted octanol–water partition coefficient (Wildman–Crippen LogP) is 1.68. The molecule has 1 aromatic heterocycles. The molecule has 3 heteroatoms. The van der Waals surface area contributed by atoms with Crippen molar-refractivity contribution < 1.29 is 5.11 Å². The Labute approximate surface area is 72.3 Å². The predicted molar refractivity (Wildman–Crippen MR) is 47.8 cm³/mol. The molecular formula is C9H14N2O. The molecule has 0 aliphatic carbocycles. The molecule has 0 radical (unpaired) electrons. The van der Waals surface area contributed by atoms with Crippen molar-refractivity contribution in [1.29, 1.82) is 0 Å². The number of aromatic nitrogens is 2. The van der Waals surface area contributed by atoms with E-state index in [4.69, 9.17) is 0 Å². The SMILES string of the molecule is C=CC(O)c1cnn(C(C)C)c1. The second kappa shape index (κ2) is 3.54. The van der Waals surface area contributed by atoms with Crippen molar-refractivity contribution in [2.45, 2.75) is 26.0 Å². The van der Waals surface area contributed by atoms with E-state index in [0.717, 1.165) is 5.56 Å². The smallest absolute Gasteiger partial charge is 0.0999 e. The standard InChI is InChI=1S/C9H14N2O/c1-4-9(12)8-5-10-11(6-8)7(2)3/h4-7,9,12H,1H2,2-3H3. The molecule has 1 atom stereocenters. The van der Waals surface area contributed by atoms with Gasteiger partial charge in [-0.3, -0.25) is 4.68 Å². The maximum Gasteiger partial charge on any atom is 0.0999 e. The van der Waals surface area contributed by atoms with Gasteiger partial charge in [0.05, 0.1) is 12.3 Å². The van der Waals surface area contributed by atoms with Crippen LogP contribution < -0.4 is 0 Å². The van der Waals surface area contributed by atoms with E-state index in [-0.39, 0.29) is 0 Å². The molecule has 3 nitrogen and oxygen atoms in total. The molecule has 66 valence electrons. The van der Waals surface area contributed by atoms with Gasteiger partial charge in [-0.1, -0.05) is 6.08 Å². The Morgan fingerprint density at radius 1 is 1.67 bits per heavy atom. The topological polar surface area (TPSA) is 38.1 Å². The van der Waals surface area contributed by atoms with E-state index in [2.05, 4.69) is 11.7 Å². The molecular weight excluding hydrogens is 152 g/mol. The lowest BCUT2D eigenvalue weighted by Crippen LogP contribution is -2.00. The quantitative estimate of drug-likeness (QED) is 0.694. The molecule has 0 saturated carbocycles. The maximum atomic E-state index is 9.35. The second-order valence-corrected chi connectivity index (χ2v) is 3.03. The van der Waals surface area contributed by atoms with Gasteiger partial charge in [0.15, 0.2) is 0 Å². The van der Waals surface area contributed by atoms with Crippen molar-refractivity contribution in [2.24, 2.45) is 0 Å². The van der Waals surface area contributed by atoms with Gasteiger partial charge in [-0.15, -0.1) is 6.58 Å². The molecule has 1 unspecified atom stereocenters. The minimum atomic E-state index is -0.600. The van der Waals surface area contributed by atoms with E-state index < -0.39 is 6.10 Å². The van der Waals surface area contributed by atoms with Crippen LogP contribution in [0.15, 0.2) is 25.0 Å². The Morgan fingerprint density at radius 2 is 2.33 bits per heavy atom. The van der Waals surface area contributed by atoms with Crippen LogP contribution in [0.4, 0.5) is 0 Å². The van der Waals surface area contributed by atoms with Crippen LogP contribution in [-0.2, 0) is 0 Å². The second-order valence-electron chi connectivity index (χ2n) is 3.03. The third-order valence-electron chi connectivity index (χ3n) is 1.72. The van der Waals surface area contributed by atoms with Crippen LogP contribution in [0.1, 0.15) is 31.6 Å². The molecule has 1 rings (SSSR count). The van der Waals surface area contributed by atoms with Gasteiger partial charge in [0.25, 0.3) is 0 Å². The van der Waals surface area contributed by atoms with Gasteiger partial charge in [0.2, 0.25) is 0 Å². The molecule has 0 spiro atoms. The maximum absolute atomic E-state index is 9.35. The Kier molecular flexibility index (Phi) is 2.65. The highest BCUT2D eigenvalue weighted by Crippen LogP contribution is 2.14. The fourth-order valence-corrected chi connectivity index (χ4v) is 0.924. The molecule has 0 saturated heterocycles. The minimum Gasteiger partial charge on any atom is -0.384 e. The van der Waals surface area contributed by atoms with E-state index in [1.54, 1.807) is 6.20 Å². The zero-order chi connectivity index (χ0) is 9.14. The Balaban J connectivity index is 2.83. The van der Waals surface area contributed by atoms with Crippen LogP contribution in [-0.4, -0.2) is 14.9 Å². The minimum absolute atomic E-state index is 0.329. The first-order chi connectivity index (χ1) is 5.65. The summed E-state index contributed by atoms with van der Waals surface area (Å²) >= 11 is 0. The lowest BCUT2D eigenvalue weighted by atomic mass is 10.2. The average Bonchev–Trinajstić information content (AvgIpc) is 2.51. The van der Waals surface area contributed by atoms with Crippen molar-refractivity contribution >= 4 is 0 Å². The highest BCUT2D eigenvalue weighted by molar-refractivity contribution is 5.12. The van der Waals surface area contributed by atoms with Gasteiger partial charge in [0.1, 0.15) is 0 Å². The number of aliphatic hydroxyl groups excluding tert-OH is 1. The molecule has 1 heterocycles. The molecule has 0 aromatic carbocycles. The third kappa shape index (κ3) is 1.74. The Morgan fingerprint density at radius 3 is 2.75 bits per heavy atom. The van der Waals surface area contributed by atoms with Gasteiger partial charge in [-0.2, -0.15) is 5.10 Å². The first-order valence-corrected chi connectivity index (χ1v) is 4.00. The lowest BCUT2D eigenvalue weighted by molar-refractivity contribution is 0.229. The largest absolute Gasteiger partial charge is 0.384 e. The fraction of sp³-hybridized carbons (Fsp3) is 0.444. The molecule has 0 bridgehead atoms. The zero-order valence-corrected chi connectivity index (χ0v) is 7.44. The number of aliphatic hydroxyl groups is 1. The Bertz CT molecular complexity index is 265. The van der Waals surface area contributed by atoms with Crippen LogP contribution in [0.3, 0.4) is 0 Å². The van der Waals surface area contributed by atoms with Crippen molar-refractivity contribution in [3.63, 3.8) is 0 Å². The summed E-state index contributed by atoms with van der Waals surface area (Å²) in [5.41, 5.74) is 0.790. The van der Waals surface area contributed by atoms with Gasteiger partial charge in [-0.25, -0.2) is 0 Å². The van der Waals surface area contributed by atoms with Crippen molar-refractivity contribution in [3.8, 4) is 0 Å². The fourth-order valence-electron chi connectivity index (χ4n) is 0.924. The summed E-state index contributed by atoms with van der Waals surface area (Å²) in [5, 5.41) is 13.4. The van der Waals surface area contributed by atoms with Crippen LogP contribution in [0.5, 0.6) is 0 Å². The van der Waals surface area contributed by atoms with Crippen LogP contribution in [0, 0.1) is 0 Å². The highest BCUT2D eigenvalue weighted by atomic mass is 16.3. The van der Waals surface area contributed by atoms with Crippen LogP contribution in [0.2, 0.25) is 0 Å². The molecule has 0 fully saturated rings. The van der Waals surface area contributed by atoms with Crippen molar-refractivity contribution in [1.82, 2.24) is 9.78 Å². The van der Waals surface area contributed by atoms with E-state index in [1.165, 1.54) is 6.08 Å². The van der Waals surface area contributed by atoms with Gasteiger partial charge < -0.3 is 5.11 Å². The van der Waals surface area contributed by atoms with Gasteiger partial charge in [-0.05, 0) is 13.8 Å².